The zero-order chi connectivity index (χ0) is 39.3. The van der Waals surface area contributed by atoms with Crippen molar-refractivity contribution >= 4 is 21.7 Å². The molecule has 0 saturated carbocycles. The lowest BCUT2D eigenvalue weighted by molar-refractivity contribution is 0.660. The fourth-order valence-electron chi connectivity index (χ4n) is 9.99. The molecule has 2 aliphatic rings. The van der Waals surface area contributed by atoms with Gasteiger partial charge in [0.1, 0.15) is 0 Å². The number of aromatic nitrogens is 1. The van der Waals surface area contributed by atoms with Crippen molar-refractivity contribution < 1.29 is 0 Å². The maximum atomic E-state index is 9.37. The Bertz CT molecular complexity index is 3210. The van der Waals surface area contributed by atoms with Crippen LogP contribution in [-0.4, -0.2) is 4.98 Å². The summed E-state index contributed by atoms with van der Waals surface area (Å²) in [6.07, 6.45) is 0. The number of pyridine rings is 1. The Balaban J connectivity index is 1.13. The molecular weight excluding hydrogens is 701 g/mol. The molecule has 0 bridgehead atoms. The number of nitriles is 1. The number of rotatable bonds is 4. The molecule has 9 aromatic rings. The van der Waals surface area contributed by atoms with Crippen molar-refractivity contribution in [2.75, 3.05) is 0 Å². The highest BCUT2D eigenvalue weighted by molar-refractivity contribution is 6.16. The van der Waals surface area contributed by atoms with Crippen molar-refractivity contribution in [2.24, 2.45) is 0 Å². The molecule has 2 aliphatic carbocycles. The third-order valence-electron chi connectivity index (χ3n) is 13.1. The molecule has 1 heterocycles. The summed E-state index contributed by atoms with van der Waals surface area (Å²) in [6, 6.07) is 64.1. The second kappa shape index (κ2) is 12.5. The summed E-state index contributed by atoms with van der Waals surface area (Å²) >= 11 is 0. The first-order valence-corrected chi connectivity index (χ1v) is 20.2. The standard InChI is InChI=1S/C56H40N2/c1-55(2)49-15-9-7-12-41(49)43-27-25-38(29-51(43)55)46-31-48-47(37-23-21-36(22-24-37)35-19-17-34(33-57)18-20-35)32-53(58-54(48)45-14-6-5-11-40(45)46)39-26-28-44-42-13-8-10-16-50(42)56(3,4)52(44)30-39/h5-32H,1-4H3. The minimum absolute atomic E-state index is 0.0985. The SMILES string of the molecule is CC1(C)c2ccccc2-c2ccc(-c3cc(-c4ccc(-c5ccc(C#N)cc5)cc4)c4cc(-c5ccc6c(c5)C(C)(C)c5ccccc5-6)c5ccccc5c4n3)cc21. The fourth-order valence-corrected chi connectivity index (χ4v) is 9.99. The Kier molecular flexibility index (Phi) is 7.35. The van der Waals surface area contributed by atoms with Gasteiger partial charge < -0.3 is 0 Å². The van der Waals surface area contributed by atoms with Gasteiger partial charge in [-0.15, -0.1) is 0 Å². The number of hydrogen-bond acceptors (Lipinski definition) is 2. The van der Waals surface area contributed by atoms with E-state index in [9.17, 15) is 5.26 Å². The van der Waals surface area contributed by atoms with Crippen molar-refractivity contribution in [3.63, 3.8) is 0 Å². The Morgan fingerprint density at radius 2 is 0.845 bits per heavy atom. The van der Waals surface area contributed by atoms with Crippen LogP contribution in [0.1, 0.15) is 55.5 Å². The third kappa shape index (κ3) is 5.00. The van der Waals surface area contributed by atoms with Gasteiger partial charge in [-0.2, -0.15) is 5.26 Å². The van der Waals surface area contributed by atoms with E-state index in [0.717, 1.165) is 49.8 Å². The van der Waals surface area contributed by atoms with E-state index in [1.165, 1.54) is 61.0 Å². The molecule has 2 heteroatoms. The first kappa shape index (κ1) is 34.2. The van der Waals surface area contributed by atoms with Crippen LogP contribution in [0.2, 0.25) is 0 Å². The summed E-state index contributed by atoms with van der Waals surface area (Å²) in [5.74, 6) is 0. The topological polar surface area (TPSA) is 36.7 Å². The molecule has 0 fully saturated rings. The Hall–Kier alpha value is -7.08. The van der Waals surface area contributed by atoms with Crippen LogP contribution in [-0.2, 0) is 10.8 Å². The van der Waals surface area contributed by atoms with Crippen LogP contribution in [0.5, 0.6) is 0 Å². The molecule has 0 unspecified atom stereocenters. The Labute approximate surface area is 339 Å². The summed E-state index contributed by atoms with van der Waals surface area (Å²) in [4.78, 5) is 5.58. The van der Waals surface area contributed by atoms with E-state index in [1.54, 1.807) is 0 Å². The predicted molar refractivity (Wildman–Crippen MR) is 241 cm³/mol. The van der Waals surface area contributed by atoms with E-state index in [2.05, 4.69) is 179 Å². The van der Waals surface area contributed by atoms with E-state index in [-0.39, 0.29) is 10.8 Å². The minimum atomic E-state index is -0.115. The third-order valence-corrected chi connectivity index (χ3v) is 13.1. The van der Waals surface area contributed by atoms with Crippen LogP contribution in [0.4, 0.5) is 0 Å². The van der Waals surface area contributed by atoms with Crippen LogP contribution < -0.4 is 0 Å². The highest BCUT2D eigenvalue weighted by Gasteiger charge is 2.36. The van der Waals surface area contributed by atoms with Crippen LogP contribution >= 0.6 is 0 Å². The van der Waals surface area contributed by atoms with Crippen LogP contribution in [0.25, 0.3) is 88.6 Å². The van der Waals surface area contributed by atoms with Crippen LogP contribution in [0.3, 0.4) is 0 Å². The first-order chi connectivity index (χ1) is 28.2. The summed E-state index contributed by atoms with van der Waals surface area (Å²) in [6.45, 7) is 9.38. The normalized spacial score (nSPS) is 14.1. The lowest BCUT2D eigenvalue weighted by Gasteiger charge is -2.22. The second-order valence-corrected chi connectivity index (χ2v) is 17.0. The Morgan fingerprint density at radius 1 is 0.379 bits per heavy atom. The summed E-state index contributed by atoms with van der Waals surface area (Å²) in [7, 11) is 0. The summed E-state index contributed by atoms with van der Waals surface area (Å²) in [5.41, 5.74) is 21.2. The molecule has 0 N–H and O–H groups in total. The summed E-state index contributed by atoms with van der Waals surface area (Å²) in [5, 5.41) is 12.8. The van der Waals surface area contributed by atoms with Crippen LogP contribution in [0, 0.1) is 11.3 Å². The second-order valence-electron chi connectivity index (χ2n) is 17.0. The number of nitrogens with zero attached hydrogens (tertiary/aromatic N) is 2. The summed E-state index contributed by atoms with van der Waals surface area (Å²) < 4.78 is 0. The molecule has 0 radical (unpaired) electrons. The van der Waals surface area contributed by atoms with Crippen molar-refractivity contribution in [2.45, 2.75) is 38.5 Å². The van der Waals surface area contributed by atoms with E-state index < -0.39 is 0 Å². The quantitative estimate of drug-likeness (QED) is 0.169. The minimum Gasteiger partial charge on any atom is -0.247 e. The largest absolute Gasteiger partial charge is 0.247 e. The van der Waals surface area contributed by atoms with E-state index in [1.807, 2.05) is 24.3 Å². The first-order valence-electron chi connectivity index (χ1n) is 20.2. The van der Waals surface area contributed by atoms with Gasteiger partial charge in [0.05, 0.1) is 22.8 Å². The fraction of sp³-hybridized carbons (Fsp3) is 0.107. The van der Waals surface area contributed by atoms with Gasteiger partial charge in [0.25, 0.3) is 0 Å². The molecule has 0 spiro atoms. The predicted octanol–water partition coefficient (Wildman–Crippen LogP) is 14.5. The molecule has 0 amide bonds. The van der Waals surface area contributed by atoms with Gasteiger partial charge in [0.2, 0.25) is 0 Å². The van der Waals surface area contributed by atoms with Crippen molar-refractivity contribution in [3.05, 3.63) is 198 Å². The molecule has 58 heavy (non-hydrogen) atoms. The van der Waals surface area contributed by atoms with E-state index in [4.69, 9.17) is 4.98 Å². The van der Waals surface area contributed by atoms with Gasteiger partial charge in [-0.25, -0.2) is 4.98 Å². The monoisotopic (exact) mass is 740 g/mol. The van der Waals surface area contributed by atoms with Gasteiger partial charge in [-0.3, -0.25) is 0 Å². The molecule has 0 saturated heterocycles. The molecule has 0 atom stereocenters. The van der Waals surface area contributed by atoms with Crippen molar-refractivity contribution in [1.82, 2.24) is 4.98 Å². The number of hydrogen-bond donors (Lipinski definition) is 0. The molecule has 1 aromatic heterocycles. The maximum Gasteiger partial charge on any atom is 0.0991 e. The molecule has 274 valence electrons. The number of fused-ring (bicyclic) bond motifs is 9. The van der Waals surface area contributed by atoms with Crippen molar-refractivity contribution in [1.29, 1.82) is 5.26 Å². The highest BCUT2D eigenvalue weighted by Crippen LogP contribution is 2.52. The molecule has 0 aliphatic heterocycles. The average molecular weight is 741 g/mol. The van der Waals surface area contributed by atoms with Gasteiger partial charge in [0, 0.05) is 27.2 Å². The number of benzene rings is 8. The zero-order valence-electron chi connectivity index (χ0n) is 33.1. The lowest BCUT2D eigenvalue weighted by atomic mass is 9.81. The average Bonchev–Trinajstić information content (AvgIpc) is 3.64. The Morgan fingerprint density at radius 3 is 1.47 bits per heavy atom. The lowest BCUT2D eigenvalue weighted by Crippen LogP contribution is -2.15. The maximum absolute atomic E-state index is 9.37. The van der Waals surface area contributed by atoms with Crippen LogP contribution in [0.15, 0.2) is 170 Å². The van der Waals surface area contributed by atoms with Gasteiger partial charge >= 0.3 is 0 Å². The molecular formula is C56H40N2. The van der Waals surface area contributed by atoms with Gasteiger partial charge in [-0.1, -0.05) is 161 Å². The molecule has 11 rings (SSSR count). The molecule has 2 nitrogen and oxygen atoms in total. The smallest absolute Gasteiger partial charge is 0.0991 e. The van der Waals surface area contributed by atoms with Gasteiger partial charge in [0.15, 0.2) is 0 Å². The zero-order valence-corrected chi connectivity index (χ0v) is 33.1. The van der Waals surface area contributed by atoms with E-state index in [0.29, 0.717) is 5.56 Å². The highest BCUT2D eigenvalue weighted by atomic mass is 14.7. The van der Waals surface area contributed by atoms with Crippen molar-refractivity contribution in [3.8, 4) is 73.0 Å². The van der Waals surface area contributed by atoms with Gasteiger partial charge in [-0.05, 0) is 120 Å². The van der Waals surface area contributed by atoms with E-state index >= 15 is 0 Å². The molecule has 8 aromatic carbocycles.